The van der Waals surface area contributed by atoms with E-state index < -0.39 is 0 Å². The van der Waals surface area contributed by atoms with Gasteiger partial charge in [0, 0.05) is 12.6 Å². The molecule has 0 amide bonds. The minimum atomic E-state index is 0.353. The van der Waals surface area contributed by atoms with Gasteiger partial charge in [-0.15, -0.1) is 0 Å². The zero-order valence-electron chi connectivity index (χ0n) is 11.6. The second-order valence-corrected chi connectivity index (χ2v) is 5.63. The molecule has 1 atom stereocenters. The quantitative estimate of drug-likeness (QED) is 0.503. The molecule has 1 aliphatic rings. The Labute approximate surface area is 107 Å². The van der Waals surface area contributed by atoms with Crippen molar-refractivity contribution in [2.24, 2.45) is 5.92 Å². The van der Waals surface area contributed by atoms with E-state index in [1.807, 2.05) is 0 Å². The van der Waals surface area contributed by atoms with Crippen LogP contribution in [-0.4, -0.2) is 24.3 Å². The van der Waals surface area contributed by atoms with Crippen molar-refractivity contribution in [1.29, 1.82) is 0 Å². The Hall–Kier alpha value is -0.0800. The zero-order valence-corrected chi connectivity index (χ0v) is 11.6. The molecule has 2 nitrogen and oxygen atoms in total. The van der Waals surface area contributed by atoms with Gasteiger partial charge in [-0.3, -0.25) is 0 Å². The van der Waals surface area contributed by atoms with Crippen LogP contribution in [-0.2, 0) is 0 Å². The summed E-state index contributed by atoms with van der Waals surface area (Å²) in [4.78, 5) is 0. The van der Waals surface area contributed by atoms with E-state index in [1.165, 1.54) is 57.8 Å². The first-order valence-corrected chi connectivity index (χ1v) is 7.69. The summed E-state index contributed by atoms with van der Waals surface area (Å²) < 4.78 is 0. The van der Waals surface area contributed by atoms with Gasteiger partial charge in [0.15, 0.2) is 0 Å². The summed E-state index contributed by atoms with van der Waals surface area (Å²) in [5.41, 5.74) is 0. The Morgan fingerprint density at radius 2 is 1.65 bits per heavy atom. The van der Waals surface area contributed by atoms with Gasteiger partial charge in [-0.2, -0.15) is 0 Å². The number of hydrogen-bond donors (Lipinski definition) is 2. The lowest BCUT2D eigenvalue weighted by atomic mass is 9.93. The van der Waals surface area contributed by atoms with E-state index in [-0.39, 0.29) is 0 Å². The van der Waals surface area contributed by atoms with Gasteiger partial charge in [-0.1, -0.05) is 38.5 Å². The molecular weight excluding hydrogens is 210 g/mol. The second kappa shape index (κ2) is 9.90. The lowest BCUT2D eigenvalue weighted by molar-refractivity contribution is 0.281. The van der Waals surface area contributed by atoms with Crippen LogP contribution in [0.1, 0.15) is 71.1 Å². The molecule has 17 heavy (non-hydrogen) atoms. The zero-order chi connectivity index (χ0) is 12.3. The lowest BCUT2D eigenvalue weighted by Crippen LogP contribution is -2.34. The number of hydrogen-bond acceptors (Lipinski definition) is 2. The first kappa shape index (κ1) is 15.0. The summed E-state index contributed by atoms with van der Waals surface area (Å²) >= 11 is 0. The highest BCUT2D eigenvalue weighted by atomic mass is 16.2. The van der Waals surface area contributed by atoms with E-state index in [9.17, 15) is 0 Å². The minimum Gasteiger partial charge on any atom is -0.396 e. The van der Waals surface area contributed by atoms with Crippen LogP contribution in [0.3, 0.4) is 0 Å². The smallest absolute Gasteiger partial charge is 0.0431 e. The van der Waals surface area contributed by atoms with Gasteiger partial charge >= 0.3 is 0 Å². The first-order valence-electron chi connectivity index (χ1n) is 7.69. The molecule has 0 radical (unpaired) electrons. The highest BCUT2D eigenvalue weighted by Gasteiger charge is 2.17. The van der Waals surface area contributed by atoms with Crippen LogP contribution in [0.25, 0.3) is 0 Å². The Morgan fingerprint density at radius 3 is 2.29 bits per heavy atom. The van der Waals surface area contributed by atoms with Crippen LogP contribution < -0.4 is 5.32 Å². The summed E-state index contributed by atoms with van der Waals surface area (Å²) in [6.45, 7) is 3.87. The molecule has 2 N–H and O–H groups in total. The normalized spacial score (nSPS) is 20.1. The van der Waals surface area contributed by atoms with Crippen molar-refractivity contribution in [3.63, 3.8) is 0 Å². The maximum atomic E-state index is 8.69. The molecule has 0 aliphatic heterocycles. The summed E-state index contributed by atoms with van der Waals surface area (Å²) in [5, 5.41) is 12.4. The third-order valence-electron chi connectivity index (χ3n) is 4.16. The summed E-state index contributed by atoms with van der Waals surface area (Å²) in [5.74, 6) is 0.912. The Balaban J connectivity index is 2.01. The summed E-state index contributed by atoms with van der Waals surface area (Å²) in [6, 6.07) is 0.700. The standard InChI is InChI=1S/C15H31NO/c1-14(15-10-6-2-3-7-11-15)16-12-8-4-5-9-13-17/h14-17H,2-13H2,1H3/t14-/m1/s1. The molecule has 0 spiro atoms. The van der Waals surface area contributed by atoms with Crippen LogP contribution in [0, 0.1) is 5.92 Å². The van der Waals surface area contributed by atoms with E-state index in [0.29, 0.717) is 12.6 Å². The number of unbranched alkanes of at least 4 members (excludes halogenated alkanes) is 3. The maximum Gasteiger partial charge on any atom is 0.0431 e. The van der Waals surface area contributed by atoms with Crippen LogP contribution in [0.5, 0.6) is 0 Å². The molecule has 2 heteroatoms. The molecule has 0 aromatic rings. The van der Waals surface area contributed by atoms with Crippen LogP contribution in [0.15, 0.2) is 0 Å². The fraction of sp³-hybridized carbons (Fsp3) is 1.00. The van der Waals surface area contributed by atoms with Gasteiger partial charge in [0.25, 0.3) is 0 Å². The molecule has 1 aliphatic carbocycles. The predicted octanol–water partition coefficient (Wildman–Crippen LogP) is 3.49. The van der Waals surface area contributed by atoms with Crippen molar-refractivity contribution in [3.05, 3.63) is 0 Å². The molecule has 1 rings (SSSR count). The maximum absolute atomic E-state index is 8.69. The third-order valence-corrected chi connectivity index (χ3v) is 4.16. The number of nitrogens with one attached hydrogen (secondary N) is 1. The second-order valence-electron chi connectivity index (χ2n) is 5.63. The Morgan fingerprint density at radius 1 is 1.00 bits per heavy atom. The summed E-state index contributed by atoms with van der Waals surface area (Å²) in [6.07, 6.45) is 13.3. The molecule has 0 aromatic carbocycles. The topological polar surface area (TPSA) is 32.3 Å². The van der Waals surface area contributed by atoms with Gasteiger partial charge in [0.2, 0.25) is 0 Å². The lowest BCUT2D eigenvalue weighted by Gasteiger charge is -2.23. The fourth-order valence-corrected chi connectivity index (χ4v) is 2.90. The number of rotatable bonds is 8. The van der Waals surface area contributed by atoms with Crippen LogP contribution in [0.4, 0.5) is 0 Å². The van der Waals surface area contributed by atoms with Gasteiger partial charge in [-0.25, -0.2) is 0 Å². The van der Waals surface area contributed by atoms with E-state index >= 15 is 0 Å². The van der Waals surface area contributed by atoms with Crippen molar-refractivity contribution in [3.8, 4) is 0 Å². The molecule has 1 saturated carbocycles. The highest BCUT2D eigenvalue weighted by molar-refractivity contribution is 4.74. The Bertz CT molecular complexity index is 164. The monoisotopic (exact) mass is 241 g/mol. The van der Waals surface area contributed by atoms with E-state index in [4.69, 9.17) is 5.11 Å². The van der Waals surface area contributed by atoms with E-state index in [0.717, 1.165) is 18.9 Å². The molecule has 0 aromatic heterocycles. The van der Waals surface area contributed by atoms with Crippen molar-refractivity contribution in [2.45, 2.75) is 77.2 Å². The average molecular weight is 241 g/mol. The van der Waals surface area contributed by atoms with Gasteiger partial charge in [-0.05, 0) is 45.1 Å². The molecular formula is C15H31NO. The van der Waals surface area contributed by atoms with E-state index in [2.05, 4.69) is 12.2 Å². The minimum absolute atomic E-state index is 0.353. The molecule has 0 unspecified atom stereocenters. The van der Waals surface area contributed by atoms with Crippen molar-refractivity contribution >= 4 is 0 Å². The van der Waals surface area contributed by atoms with Gasteiger partial charge in [0.1, 0.15) is 0 Å². The molecule has 102 valence electrons. The first-order chi connectivity index (χ1) is 8.34. The predicted molar refractivity (Wildman–Crippen MR) is 74.2 cm³/mol. The van der Waals surface area contributed by atoms with E-state index in [1.54, 1.807) is 0 Å². The number of aliphatic hydroxyl groups excluding tert-OH is 1. The van der Waals surface area contributed by atoms with Crippen LogP contribution >= 0.6 is 0 Å². The SMILES string of the molecule is C[C@@H](NCCCCCCO)C1CCCCCC1. The van der Waals surface area contributed by atoms with Crippen molar-refractivity contribution in [1.82, 2.24) is 5.32 Å². The van der Waals surface area contributed by atoms with Gasteiger partial charge < -0.3 is 10.4 Å². The fourth-order valence-electron chi connectivity index (χ4n) is 2.90. The molecule has 0 heterocycles. The van der Waals surface area contributed by atoms with Gasteiger partial charge in [0.05, 0.1) is 0 Å². The molecule has 0 saturated heterocycles. The van der Waals surface area contributed by atoms with Crippen molar-refractivity contribution in [2.75, 3.05) is 13.2 Å². The third kappa shape index (κ3) is 7.05. The van der Waals surface area contributed by atoms with Crippen molar-refractivity contribution < 1.29 is 5.11 Å². The van der Waals surface area contributed by atoms with Crippen LogP contribution in [0.2, 0.25) is 0 Å². The summed E-state index contributed by atoms with van der Waals surface area (Å²) in [7, 11) is 0. The average Bonchev–Trinajstić information content (AvgIpc) is 2.62. The largest absolute Gasteiger partial charge is 0.396 e. The highest BCUT2D eigenvalue weighted by Crippen LogP contribution is 2.25. The molecule has 0 bridgehead atoms. The Kier molecular flexibility index (Phi) is 8.72. The molecule has 1 fully saturated rings. The number of aliphatic hydroxyl groups is 1.